The molecular formula is C24H24N6O. The molecule has 0 spiro atoms. The quantitative estimate of drug-likeness (QED) is 0.515. The van der Waals surface area contributed by atoms with Crippen molar-refractivity contribution in [3.63, 3.8) is 0 Å². The number of hydrogen-bond acceptors (Lipinski definition) is 5. The Morgan fingerprint density at radius 2 is 1.81 bits per heavy atom. The lowest BCUT2D eigenvalue weighted by Gasteiger charge is -2.23. The molecular weight excluding hydrogens is 388 g/mol. The molecule has 0 aliphatic carbocycles. The Balaban J connectivity index is 1.39. The number of carbonyl (C=O) groups excluding carboxylic acids is 1. The van der Waals surface area contributed by atoms with E-state index in [2.05, 4.69) is 20.0 Å². The zero-order valence-electron chi connectivity index (χ0n) is 17.5. The minimum atomic E-state index is 0.0929. The van der Waals surface area contributed by atoms with E-state index >= 15 is 0 Å². The van der Waals surface area contributed by atoms with Gasteiger partial charge in [0.05, 0.1) is 17.3 Å². The summed E-state index contributed by atoms with van der Waals surface area (Å²) in [7, 11) is 0. The van der Waals surface area contributed by atoms with Crippen molar-refractivity contribution < 1.29 is 4.79 Å². The largest absolute Gasteiger partial charge is 0.354 e. The average Bonchev–Trinajstić information content (AvgIpc) is 3.09. The fraction of sp³-hybridized carbons (Fsp3) is 0.250. The predicted octanol–water partition coefficient (Wildman–Crippen LogP) is 3.48. The summed E-state index contributed by atoms with van der Waals surface area (Å²) in [5, 5.41) is 5.48. The van der Waals surface area contributed by atoms with Gasteiger partial charge in [-0.1, -0.05) is 35.9 Å². The Hall–Kier alpha value is -3.74. The van der Waals surface area contributed by atoms with E-state index in [1.807, 2.05) is 77.3 Å². The summed E-state index contributed by atoms with van der Waals surface area (Å²) in [6.45, 7) is 4.96. The molecule has 1 saturated heterocycles. The lowest BCUT2D eigenvalue weighted by atomic mass is 10.1. The SMILES string of the molecule is Cc1cccc(C(=O)N2CCCN(c3ncnc4c3cnn4-c3ccccc3)CC2)c1. The predicted molar refractivity (Wildman–Crippen MR) is 121 cm³/mol. The number of benzene rings is 2. The summed E-state index contributed by atoms with van der Waals surface area (Å²) in [6.07, 6.45) is 4.31. The summed E-state index contributed by atoms with van der Waals surface area (Å²) >= 11 is 0. The van der Waals surface area contributed by atoms with Gasteiger partial charge in [-0.3, -0.25) is 4.79 Å². The number of nitrogens with zero attached hydrogens (tertiary/aromatic N) is 6. The molecule has 3 heterocycles. The molecule has 156 valence electrons. The molecule has 7 heteroatoms. The van der Waals surface area contributed by atoms with Crippen LogP contribution in [-0.2, 0) is 0 Å². The Kier molecular flexibility index (Phi) is 5.08. The monoisotopic (exact) mass is 412 g/mol. The summed E-state index contributed by atoms with van der Waals surface area (Å²) in [4.78, 5) is 26.2. The first-order valence-corrected chi connectivity index (χ1v) is 10.6. The Morgan fingerprint density at radius 1 is 0.935 bits per heavy atom. The first kappa shape index (κ1) is 19.2. The van der Waals surface area contributed by atoms with Crippen LogP contribution in [0.3, 0.4) is 0 Å². The minimum Gasteiger partial charge on any atom is -0.354 e. The first-order valence-electron chi connectivity index (χ1n) is 10.6. The van der Waals surface area contributed by atoms with E-state index in [-0.39, 0.29) is 5.91 Å². The number of hydrogen-bond donors (Lipinski definition) is 0. The molecule has 31 heavy (non-hydrogen) atoms. The second-order valence-electron chi connectivity index (χ2n) is 7.83. The van der Waals surface area contributed by atoms with Gasteiger partial charge < -0.3 is 9.80 Å². The van der Waals surface area contributed by atoms with Crippen molar-refractivity contribution in [1.82, 2.24) is 24.6 Å². The van der Waals surface area contributed by atoms with Gasteiger partial charge in [0, 0.05) is 31.7 Å². The first-order chi connectivity index (χ1) is 15.2. The van der Waals surface area contributed by atoms with Crippen molar-refractivity contribution in [3.8, 4) is 5.69 Å². The van der Waals surface area contributed by atoms with Crippen molar-refractivity contribution in [2.45, 2.75) is 13.3 Å². The summed E-state index contributed by atoms with van der Waals surface area (Å²) in [6, 6.07) is 17.8. The van der Waals surface area contributed by atoms with Gasteiger partial charge in [-0.05, 0) is 37.6 Å². The topological polar surface area (TPSA) is 67.2 Å². The van der Waals surface area contributed by atoms with Crippen LogP contribution in [0, 0.1) is 6.92 Å². The Morgan fingerprint density at radius 3 is 2.65 bits per heavy atom. The lowest BCUT2D eigenvalue weighted by molar-refractivity contribution is 0.0767. The van der Waals surface area contributed by atoms with E-state index in [9.17, 15) is 4.79 Å². The van der Waals surface area contributed by atoms with E-state index in [4.69, 9.17) is 0 Å². The smallest absolute Gasteiger partial charge is 0.253 e. The van der Waals surface area contributed by atoms with E-state index in [1.54, 1.807) is 6.33 Å². The van der Waals surface area contributed by atoms with Crippen molar-refractivity contribution in [2.75, 3.05) is 31.1 Å². The molecule has 0 N–H and O–H groups in total. The average molecular weight is 412 g/mol. The molecule has 7 nitrogen and oxygen atoms in total. The number of fused-ring (bicyclic) bond motifs is 1. The second kappa shape index (κ2) is 8.18. The van der Waals surface area contributed by atoms with Gasteiger partial charge in [-0.2, -0.15) is 5.10 Å². The van der Waals surface area contributed by atoms with E-state index < -0.39 is 0 Å². The molecule has 1 fully saturated rings. The van der Waals surface area contributed by atoms with Crippen LogP contribution < -0.4 is 4.90 Å². The molecule has 0 unspecified atom stereocenters. The highest BCUT2D eigenvalue weighted by Crippen LogP contribution is 2.25. The zero-order chi connectivity index (χ0) is 21.2. The van der Waals surface area contributed by atoms with Gasteiger partial charge in [0.25, 0.3) is 5.91 Å². The van der Waals surface area contributed by atoms with Crippen LogP contribution in [0.1, 0.15) is 22.3 Å². The number of anilines is 1. The van der Waals surface area contributed by atoms with Gasteiger partial charge >= 0.3 is 0 Å². The summed E-state index contributed by atoms with van der Waals surface area (Å²) in [5.41, 5.74) is 3.60. The molecule has 0 radical (unpaired) electrons. The molecule has 1 amide bonds. The van der Waals surface area contributed by atoms with Crippen LogP contribution in [-0.4, -0.2) is 56.7 Å². The fourth-order valence-electron chi connectivity index (χ4n) is 4.13. The Bertz CT molecular complexity index is 1220. The lowest BCUT2D eigenvalue weighted by Crippen LogP contribution is -2.35. The van der Waals surface area contributed by atoms with Gasteiger partial charge in [-0.25, -0.2) is 14.6 Å². The number of aryl methyl sites for hydroxylation is 1. The Labute approximate surface area is 181 Å². The number of carbonyl (C=O) groups is 1. The van der Waals surface area contributed by atoms with Gasteiger partial charge in [0.15, 0.2) is 5.65 Å². The maximum Gasteiger partial charge on any atom is 0.253 e. The van der Waals surface area contributed by atoms with Crippen LogP contribution >= 0.6 is 0 Å². The van der Waals surface area contributed by atoms with Crippen LogP contribution in [0.25, 0.3) is 16.7 Å². The van der Waals surface area contributed by atoms with Gasteiger partial charge in [0.1, 0.15) is 12.1 Å². The zero-order valence-corrected chi connectivity index (χ0v) is 17.5. The van der Waals surface area contributed by atoms with E-state index in [1.165, 1.54) is 0 Å². The number of amides is 1. The maximum absolute atomic E-state index is 13.0. The molecule has 2 aromatic heterocycles. The van der Waals surface area contributed by atoms with E-state index in [0.29, 0.717) is 6.54 Å². The molecule has 2 aromatic carbocycles. The molecule has 1 aliphatic rings. The molecule has 1 aliphatic heterocycles. The fourth-order valence-corrected chi connectivity index (χ4v) is 4.13. The molecule has 0 bridgehead atoms. The van der Waals surface area contributed by atoms with Crippen molar-refractivity contribution in [3.05, 3.63) is 78.2 Å². The standard InChI is InChI=1S/C24H24N6O/c1-18-7-5-8-19(15-18)24(31)29-12-6-11-28(13-14-29)22-21-16-27-30(23(21)26-17-25-22)20-9-3-2-4-10-20/h2-5,7-10,15-17H,6,11-14H2,1H3. The normalized spacial score (nSPS) is 14.6. The van der Waals surface area contributed by atoms with Crippen LogP contribution in [0.5, 0.6) is 0 Å². The van der Waals surface area contributed by atoms with Crippen molar-refractivity contribution in [2.24, 2.45) is 0 Å². The third-order valence-electron chi connectivity index (χ3n) is 5.69. The van der Waals surface area contributed by atoms with Crippen LogP contribution in [0.2, 0.25) is 0 Å². The third-order valence-corrected chi connectivity index (χ3v) is 5.69. The van der Waals surface area contributed by atoms with Gasteiger partial charge in [0.2, 0.25) is 0 Å². The molecule has 0 saturated carbocycles. The minimum absolute atomic E-state index is 0.0929. The van der Waals surface area contributed by atoms with Gasteiger partial charge in [-0.15, -0.1) is 0 Å². The molecule has 5 rings (SSSR count). The van der Waals surface area contributed by atoms with E-state index in [0.717, 1.165) is 59.7 Å². The van der Waals surface area contributed by atoms with Crippen molar-refractivity contribution in [1.29, 1.82) is 0 Å². The highest BCUT2D eigenvalue weighted by Gasteiger charge is 2.23. The van der Waals surface area contributed by atoms with Crippen LogP contribution in [0.4, 0.5) is 5.82 Å². The summed E-state index contributed by atoms with van der Waals surface area (Å²) in [5.74, 6) is 0.965. The second-order valence-corrected chi connectivity index (χ2v) is 7.83. The van der Waals surface area contributed by atoms with Crippen molar-refractivity contribution >= 4 is 22.8 Å². The number of aromatic nitrogens is 4. The third kappa shape index (κ3) is 3.74. The highest BCUT2D eigenvalue weighted by molar-refractivity contribution is 5.94. The van der Waals surface area contributed by atoms with Crippen LogP contribution in [0.15, 0.2) is 67.1 Å². The maximum atomic E-state index is 13.0. The summed E-state index contributed by atoms with van der Waals surface area (Å²) < 4.78 is 1.84. The highest BCUT2D eigenvalue weighted by atomic mass is 16.2. The number of rotatable bonds is 3. The molecule has 0 atom stereocenters. The number of para-hydroxylation sites is 1. The molecule has 4 aromatic rings.